The summed E-state index contributed by atoms with van der Waals surface area (Å²) in [7, 11) is 1.69. The SMILES string of the molecule is COCCn1nnnc1[C@H](c1ccccc1)N1CCN(c2cccc(Cl)c2)CC1. The third-order valence-corrected chi connectivity index (χ3v) is 5.51. The van der Waals surface area contributed by atoms with Crippen LogP contribution in [0.25, 0.3) is 0 Å². The molecule has 8 heteroatoms. The number of benzene rings is 2. The number of methoxy groups -OCH3 is 1. The number of aromatic nitrogens is 4. The molecular weight excluding hydrogens is 388 g/mol. The smallest absolute Gasteiger partial charge is 0.173 e. The molecule has 0 unspecified atom stereocenters. The Morgan fingerprint density at radius 3 is 2.55 bits per heavy atom. The van der Waals surface area contributed by atoms with Crippen molar-refractivity contribution in [2.75, 3.05) is 44.8 Å². The van der Waals surface area contributed by atoms with Crippen LogP contribution in [0, 0.1) is 0 Å². The maximum absolute atomic E-state index is 6.18. The topological polar surface area (TPSA) is 59.3 Å². The van der Waals surface area contributed by atoms with Crippen molar-refractivity contribution in [3.63, 3.8) is 0 Å². The maximum atomic E-state index is 6.18. The average Bonchev–Trinajstić information content (AvgIpc) is 3.22. The summed E-state index contributed by atoms with van der Waals surface area (Å²) in [6.07, 6.45) is 0. The van der Waals surface area contributed by atoms with E-state index in [0.29, 0.717) is 13.2 Å². The molecule has 3 aromatic rings. The largest absolute Gasteiger partial charge is 0.383 e. The summed E-state index contributed by atoms with van der Waals surface area (Å²) in [4.78, 5) is 4.82. The van der Waals surface area contributed by atoms with E-state index in [4.69, 9.17) is 16.3 Å². The lowest BCUT2D eigenvalue weighted by Crippen LogP contribution is -2.48. The van der Waals surface area contributed by atoms with Crippen LogP contribution in [0.3, 0.4) is 0 Å². The summed E-state index contributed by atoms with van der Waals surface area (Å²) in [5, 5.41) is 13.3. The van der Waals surface area contributed by atoms with Gasteiger partial charge in [0.1, 0.15) is 0 Å². The first-order valence-electron chi connectivity index (χ1n) is 9.81. The third kappa shape index (κ3) is 4.58. The van der Waals surface area contributed by atoms with Gasteiger partial charge in [0.15, 0.2) is 5.82 Å². The van der Waals surface area contributed by atoms with Crippen LogP contribution in [0.15, 0.2) is 54.6 Å². The zero-order chi connectivity index (χ0) is 20.1. The number of anilines is 1. The summed E-state index contributed by atoms with van der Waals surface area (Å²) < 4.78 is 7.08. The lowest BCUT2D eigenvalue weighted by atomic mass is 10.0. The van der Waals surface area contributed by atoms with Crippen molar-refractivity contribution in [3.05, 3.63) is 71.0 Å². The van der Waals surface area contributed by atoms with Gasteiger partial charge in [-0.15, -0.1) is 5.10 Å². The van der Waals surface area contributed by atoms with E-state index in [1.165, 1.54) is 11.3 Å². The second-order valence-corrected chi connectivity index (χ2v) is 7.51. The van der Waals surface area contributed by atoms with E-state index >= 15 is 0 Å². The van der Waals surface area contributed by atoms with E-state index in [0.717, 1.165) is 37.0 Å². The normalized spacial score (nSPS) is 16.1. The third-order valence-electron chi connectivity index (χ3n) is 5.28. The summed E-state index contributed by atoms with van der Waals surface area (Å²) in [5.74, 6) is 0.851. The van der Waals surface area contributed by atoms with Crippen molar-refractivity contribution in [1.29, 1.82) is 0 Å². The summed E-state index contributed by atoms with van der Waals surface area (Å²) in [5.41, 5.74) is 2.36. The lowest BCUT2D eigenvalue weighted by Gasteiger charge is -2.40. The molecule has 0 saturated carbocycles. The van der Waals surface area contributed by atoms with Crippen LogP contribution in [0.5, 0.6) is 0 Å². The molecule has 0 radical (unpaired) electrons. The molecule has 0 aliphatic carbocycles. The minimum atomic E-state index is 0.00423. The highest BCUT2D eigenvalue weighted by molar-refractivity contribution is 6.30. The van der Waals surface area contributed by atoms with Crippen LogP contribution in [-0.4, -0.2) is 65.0 Å². The van der Waals surface area contributed by atoms with Gasteiger partial charge in [-0.2, -0.15) is 0 Å². The highest BCUT2D eigenvalue weighted by Crippen LogP contribution is 2.29. The highest BCUT2D eigenvalue weighted by atomic mass is 35.5. The predicted molar refractivity (Wildman–Crippen MR) is 113 cm³/mol. The van der Waals surface area contributed by atoms with Crippen LogP contribution in [0.2, 0.25) is 5.02 Å². The molecule has 0 bridgehead atoms. The Bertz CT molecular complexity index is 910. The summed E-state index contributed by atoms with van der Waals surface area (Å²) in [6, 6.07) is 18.5. The minimum absolute atomic E-state index is 0.00423. The fourth-order valence-corrected chi connectivity index (χ4v) is 4.00. The van der Waals surface area contributed by atoms with E-state index < -0.39 is 0 Å². The van der Waals surface area contributed by atoms with Gasteiger partial charge in [-0.3, -0.25) is 4.90 Å². The maximum Gasteiger partial charge on any atom is 0.173 e. The van der Waals surface area contributed by atoms with Crippen molar-refractivity contribution in [3.8, 4) is 0 Å². The molecule has 2 heterocycles. The molecular formula is C21H25ClN6O. The lowest BCUT2D eigenvalue weighted by molar-refractivity contribution is 0.172. The number of rotatable bonds is 7. The quantitative estimate of drug-likeness (QED) is 0.594. The first-order chi connectivity index (χ1) is 14.3. The van der Waals surface area contributed by atoms with E-state index in [-0.39, 0.29) is 6.04 Å². The Morgan fingerprint density at radius 1 is 1.03 bits per heavy atom. The Hall–Kier alpha value is -2.48. The molecule has 1 atom stereocenters. The fourth-order valence-electron chi connectivity index (χ4n) is 3.81. The van der Waals surface area contributed by atoms with Crippen LogP contribution in [0.4, 0.5) is 5.69 Å². The van der Waals surface area contributed by atoms with Gasteiger partial charge in [0.25, 0.3) is 0 Å². The first-order valence-corrected chi connectivity index (χ1v) is 10.2. The second kappa shape index (κ2) is 9.35. The molecule has 1 aromatic heterocycles. The molecule has 1 aliphatic rings. The van der Waals surface area contributed by atoms with Gasteiger partial charge >= 0.3 is 0 Å². The van der Waals surface area contributed by atoms with Crippen LogP contribution >= 0.6 is 11.6 Å². The molecule has 0 spiro atoms. The Kier molecular flexibility index (Phi) is 6.39. The first kappa shape index (κ1) is 19.8. The summed E-state index contributed by atoms with van der Waals surface area (Å²) in [6.45, 7) is 4.85. The number of nitrogens with zero attached hydrogens (tertiary/aromatic N) is 6. The monoisotopic (exact) mass is 412 g/mol. The van der Waals surface area contributed by atoms with Crippen molar-refractivity contribution in [2.24, 2.45) is 0 Å². The van der Waals surface area contributed by atoms with Crippen molar-refractivity contribution in [2.45, 2.75) is 12.6 Å². The Balaban J connectivity index is 1.56. The molecule has 4 rings (SSSR count). The van der Waals surface area contributed by atoms with Crippen molar-refractivity contribution >= 4 is 17.3 Å². The van der Waals surface area contributed by atoms with Crippen molar-refractivity contribution < 1.29 is 4.74 Å². The van der Waals surface area contributed by atoms with E-state index in [2.05, 4.69) is 55.7 Å². The zero-order valence-corrected chi connectivity index (χ0v) is 17.2. The standard InChI is InChI=1S/C21H25ClN6O/c1-29-15-14-28-21(23-24-25-28)20(17-6-3-2-4-7-17)27-12-10-26(11-13-27)19-9-5-8-18(22)16-19/h2-9,16,20H,10-15H2,1H3/t20-/m0/s1. The molecule has 1 aliphatic heterocycles. The minimum Gasteiger partial charge on any atom is -0.383 e. The molecule has 29 heavy (non-hydrogen) atoms. The van der Waals surface area contributed by atoms with Gasteiger partial charge in [-0.1, -0.05) is 48.0 Å². The molecule has 0 amide bonds. The van der Waals surface area contributed by atoms with E-state index in [1.54, 1.807) is 7.11 Å². The van der Waals surface area contributed by atoms with Gasteiger partial charge in [0.05, 0.1) is 19.2 Å². The van der Waals surface area contributed by atoms with Gasteiger partial charge in [0.2, 0.25) is 0 Å². The molecule has 1 saturated heterocycles. The van der Waals surface area contributed by atoms with Crippen LogP contribution in [-0.2, 0) is 11.3 Å². The molecule has 1 fully saturated rings. The second-order valence-electron chi connectivity index (χ2n) is 7.07. The Morgan fingerprint density at radius 2 is 1.83 bits per heavy atom. The van der Waals surface area contributed by atoms with Gasteiger partial charge in [0, 0.05) is 44.0 Å². The molecule has 2 aromatic carbocycles. The number of piperazine rings is 1. The Labute approximate surface area is 175 Å². The molecule has 7 nitrogen and oxygen atoms in total. The highest BCUT2D eigenvalue weighted by Gasteiger charge is 2.30. The van der Waals surface area contributed by atoms with Gasteiger partial charge in [-0.25, -0.2) is 4.68 Å². The number of hydrogen-bond donors (Lipinski definition) is 0. The van der Waals surface area contributed by atoms with Gasteiger partial charge in [-0.05, 0) is 34.2 Å². The number of tetrazole rings is 1. The number of hydrogen-bond acceptors (Lipinski definition) is 6. The molecule has 0 N–H and O–H groups in total. The fraction of sp³-hybridized carbons (Fsp3) is 0.381. The number of ether oxygens (including phenoxy) is 1. The zero-order valence-electron chi connectivity index (χ0n) is 16.5. The predicted octanol–water partition coefficient (Wildman–Crippen LogP) is 2.88. The molecule has 152 valence electrons. The summed E-state index contributed by atoms with van der Waals surface area (Å²) >= 11 is 6.18. The number of halogens is 1. The average molecular weight is 413 g/mol. The van der Waals surface area contributed by atoms with Crippen LogP contribution < -0.4 is 4.90 Å². The van der Waals surface area contributed by atoms with Gasteiger partial charge < -0.3 is 9.64 Å². The van der Waals surface area contributed by atoms with Crippen molar-refractivity contribution in [1.82, 2.24) is 25.1 Å². The van der Waals surface area contributed by atoms with E-state index in [1.807, 2.05) is 28.9 Å². The van der Waals surface area contributed by atoms with E-state index in [9.17, 15) is 0 Å². The van der Waals surface area contributed by atoms with Crippen LogP contribution in [0.1, 0.15) is 17.4 Å².